The molecule has 6 nitrogen and oxygen atoms in total. The molecule has 4 rings (SSSR count). The van der Waals surface area contributed by atoms with Gasteiger partial charge in [0, 0.05) is 17.1 Å². The van der Waals surface area contributed by atoms with Crippen molar-refractivity contribution in [3.05, 3.63) is 93.9 Å². The van der Waals surface area contributed by atoms with Crippen molar-refractivity contribution in [2.45, 2.75) is 20.8 Å². The maximum Gasteiger partial charge on any atom is 0.344 e. The quantitative estimate of drug-likeness (QED) is 0.425. The zero-order valence-corrected chi connectivity index (χ0v) is 20.3. The van der Waals surface area contributed by atoms with Crippen LogP contribution < -0.4 is 4.74 Å². The number of thioether (sulfide) groups is 1. The molecule has 7 heteroatoms. The van der Waals surface area contributed by atoms with Crippen LogP contribution in [0.5, 0.6) is 5.75 Å². The van der Waals surface area contributed by atoms with Crippen LogP contribution in [-0.2, 0) is 9.53 Å². The van der Waals surface area contributed by atoms with Crippen LogP contribution in [-0.4, -0.2) is 34.4 Å². The fourth-order valence-corrected chi connectivity index (χ4v) is 4.84. The molecule has 1 aliphatic heterocycles. The average molecular weight is 475 g/mol. The standard InChI is InChI=1S/C27H26N2O4S/c1-5-33-27(31)24-25(30)23(34-26(24)28-20-9-7-6-8-10-20)16-19-15-17(2)29(18(19)3)21-11-13-22(32-4)14-12-21/h6-16,30H,5H2,1-4H3/b23-16-,28-26?. The molecule has 1 N–H and O–H groups in total. The number of aliphatic imine (C=N–C) groups is 1. The number of methoxy groups -OCH3 is 1. The number of aliphatic hydroxyl groups is 1. The third-order valence-electron chi connectivity index (χ3n) is 5.44. The molecule has 1 aliphatic rings. The van der Waals surface area contributed by atoms with Crippen molar-refractivity contribution in [1.29, 1.82) is 0 Å². The van der Waals surface area contributed by atoms with Gasteiger partial charge in [0.15, 0.2) is 0 Å². The molecule has 0 atom stereocenters. The first-order chi connectivity index (χ1) is 16.4. The van der Waals surface area contributed by atoms with E-state index in [1.54, 1.807) is 14.0 Å². The second-order valence-corrected chi connectivity index (χ2v) is 8.70. The van der Waals surface area contributed by atoms with Gasteiger partial charge in [0.25, 0.3) is 0 Å². The first-order valence-corrected chi connectivity index (χ1v) is 11.7. The van der Waals surface area contributed by atoms with E-state index in [4.69, 9.17) is 9.47 Å². The van der Waals surface area contributed by atoms with Crippen molar-refractivity contribution in [2.75, 3.05) is 13.7 Å². The van der Waals surface area contributed by atoms with Crippen molar-refractivity contribution < 1.29 is 19.4 Å². The molecule has 0 aliphatic carbocycles. The molecule has 2 heterocycles. The van der Waals surface area contributed by atoms with Crippen LogP contribution in [0.25, 0.3) is 11.8 Å². The Morgan fingerprint density at radius 1 is 1.12 bits per heavy atom. The number of aliphatic hydroxyl groups excluding tert-OH is 1. The normalized spacial score (nSPS) is 15.9. The summed E-state index contributed by atoms with van der Waals surface area (Å²) in [5.41, 5.74) is 4.79. The highest BCUT2D eigenvalue weighted by atomic mass is 32.2. The van der Waals surface area contributed by atoms with Crippen LogP contribution in [0.1, 0.15) is 23.9 Å². The number of aromatic nitrogens is 1. The van der Waals surface area contributed by atoms with Crippen LogP contribution in [0.15, 0.2) is 81.9 Å². The van der Waals surface area contributed by atoms with Crippen molar-refractivity contribution in [2.24, 2.45) is 4.99 Å². The van der Waals surface area contributed by atoms with Gasteiger partial charge in [-0.3, -0.25) is 0 Å². The summed E-state index contributed by atoms with van der Waals surface area (Å²) >= 11 is 1.26. The Morgan fingerprint density at radius 3 is 2.47 bits per heavy atom. The Hall–Kier alpha value is -3.71. The molecule has 34 heavy (non-hydrogen) atoms. The smallest absolute Gasteiger partial charge is 0.344 e. The predicted octanol–water partition coefficient (Wildman–Crippen LogP) is 6.30. The van der Waals surface area contributed by atoms with Gasteiger partial charge in [-0.1, -0.05) is 30.0 Å². The molecule has 0 unspecified atom stereocenters. The van der Waals surface area contributed by atoms with Gasteiger partial charge in [-0.15, -0.1) is 0 Å². The Labute approximate surface area is 203 Å². The van der Waals surface area contributed by atoms with E-state index in [0.29, 0.717) is 15.6 Å². The Morgan fingerprint density at radius 2 is 1.82 bits per heavy atom. The molecular weight excluding hydrogens is 448 g/mol. The summed E-state index contributed by atoms with van der Waals surface area (Å²) in [7, 11) is 1.64. The first-order valence-electron chi connectivity index (χ1n) is 10.9. The van der Waals surface area contributed by atoms with E-state index in [9.17, 15) is 9.90 Å². The number of carbonyl (C=O) groups is 1. The molecule has 3 aromatic rings. The Kier molecular flexibility index (Phi) is 6.93. The second-order valence-electron chi connectivity index (χ2n) is 7.67. The number of rotatable bonds is 6. The van der Waals surface area contributed by atoms with Crippen molar-refractivity contribution in [1.82, 2.24) is 4.57 Å². The molecule has 0 fully saturated rings. The Balaban J connectivity index is 1.75. The lowest BCUT2D eigenvalue weighted by Crippen LogP contribution is -2.12. The maximum atomic E-state index is 12.6. The number of hydrogen-bond acceptors (Lipinski definition) is 6. The van der Waals surface area contributed by atoms with Crippen LogP contribution in [0, 0.1) is 13.8 Å². The monoisotopic (exact) mass is 474 g/mol. The molecule has 174 valence electrons. The zero-order chi connectivity index (χ0) is 24.2. The number of carbonyl (C=O) groups excluding carboxylic acids is 1. The average Bonchev–Trinajstić information content (AvgIpc) is 3.29. The molecule has 0 saturated heterocycles. The third kappa shape index (κ3) is 4.65. The third-order valence-corrected chi connectivity index (χ3v) is 6.46. The van der Waals surface area contributed by atoms with Gasteiger partial charge in [-0.2, -0.15) is 0 Å². The van der Waals surface area contributed by atoms with Crippen molar-refractivity contribution in [3.63, 3.8) is 0 Å². The topological polar surface area (TPSA) is 73.0 Å². The van der Waals surface area contributed by atoms with E-state index in [1.807, 2.05) is 74.5 Å². The summed E-state index contributed by atoms with van der Waals surface area (Å²) in [6, 6.07) is 19.2. The lowest BCUT2D eigenvalue weighted by Gasteiger charge is -2.10. The Bertz CT molecular complexity index is 1300. The number of nitrogens with zero attached hydrogens (tertiary/aromatic N) is 2. The number of ether oxygens (including phenoxy) is 2. The van der Waals surface area contributed by atoms with Gasteiger partial charge in [0.1, 0.15) is 22.1 Å². The fourth-order valence-electron chi connectivity index (χ4n) is 3.82. The van der Waals surface area contributed by atoms with Gasteiger partial charge in [-0.05, 0) is 74.9 Å². The minimum atomic E-state index is -0.589. The van der Waals surface area contributed by atoms with Gasteiger partial charge in [0.2, 0.25) is 0 Å². The summed E-state index contributed by atoms with van der Waals surface area (Å²) in [5, 5.41) is 11.4. The minimum Gasteiger partial charge on any atom is -0.506 e. The first kappa shape index (κ1) is 23.4. The largest absolute Gasteiger partial charge is 0.506 e. The van der Waals surface area contributed by atoms with E-state index >= 15 is 0 Å². The van der Waals surface area contributed by atoms with E-state index in [-0.39, 0.29) is 17.9 Å². The minimum absolute atomic E-state index is 0.0888. The van der Waals surface area contributed by atoms with Crippen LogP contribution >= 0.6 is 11.8 Å². The molecule has 0 saturated carbocycles. The van der Waals surface area contributed by atoms with Crippen molar-refractivity contribution in [3.8, 4) is 11.4 Å². The lowest BCUT2D eigenvalue weighted by atomic mass is 10.2. The fraction of sp³-hybridized carbons (Fsp3) is 0.185. The highest BCUT2D eigenvalue weighted by molar-refractivity contribution is 8.18. The van der Waals surface area contributed by atoms with Crippen molar-refractivity contribution >= 4 is 34.5 Å². The van der Waals surface area contributed by atoms with E-state index in [0.717, 1.165) is 28.4 Å². The predicted molar refractivity (Wildman–Crippen MR) is 137 cm³/mol. The number of hydrogen-bond donors (Lipinski definition) is 1. The molecular formula is C27H26N2O4S. The van der Waals surface area contributed by atoms with Gasteiger partial charge < -0.3 is 19.1 Å². The highest BCUT2D eigenvalue weighted by Crippen LogP contribution is 2.41. The molecule has 0 radical (unpaired) electrons. The second kappa shape index (κ2) is 10.1. The zero-order valence-electron chi connectivity index (χ0n) is 19.5. The number of esters is 1. The number of aryl methyl sites for hydroxylation is 1. The summed E-state index contributed by atoms with van der Waals surface area (Å²) in [5.74, 6) is 0.0874. The van der Waals surface area contributed by atoms with E-state index in [1.165, 1.54) is 11.8 Å². The summed E-state index contributed by atoms with van der Waals surface area (Å²) in [6.07, 6.45) is 1.88. The number of benzene rings is 2. The van der Waals surface area contributed by atoms with Gasteiger partial charge in [-0.25, -0.2) is 9.79 Å². The summed E-state index contributed by atoms with van der Waals surface area (Å²) < 4.78 is 12.6. The van der Waals surface area contributed by atoms with Crippen LogP contribution in [0.4, 0.5) is 5.69 Å². The maximum absolute atomic E-state index is 12.6. The molecule has 0 spiro atoms. The van der Waals surface area contributed by atoms with Crippen LogP contribution in [0.3, 0.4) is 0 Å². The highest BCUT2D eigenvalue weighted by Gasteiger charge is 2.33. The molecule has 1 aromatic heterocycles. The van der Waals surface area contributed by atoms with Crippen LogP contribution in [0.2, 0.25) is 0 Å². The lowest BCUT2D eigenvalue weighted by molar-refractivity contribution is -0.138. The number of para-hydroxylation sites is 1. The van der Waals surface area contributed by atoms with E-state index in [2.05, 4.69) is 15.6 Å². The van der Waals surface area contributed by atoms with Gasteiger partial charge >= 0.3 is 5.97 Å². The van der Waals surface area contributed by atoms with Gasteiger partial charge in [0.05, 0.1) is 24.3 Å². The molecule has 2 aromatic carbocycles. The van der Waals surface area contributed by atoms with E-state index < -0.39 is 5.97 Å². The molecule has 0 amide bonds. The SMILES string of the molecule is CCOC(=O)C1=C(O)/C(=C/c2cc(C)n(-c3ccc(OC)cc3)c2C)SC1=Nc1ccccc1. The summed E-state index contributed by atoms with van der Waals surface area (Å²) in [4.78, 5) is 17.8. The molecule has 0 bridgehead atoms. The summed E-state index contributed by atoms with van der Waals surface area (Å²) in [6.45, 7) is 6.00.